The second-order valence-corrected chi connectivity index (χ2v) is 3.55. The van der Waals surface area contributed by atoms with Gasteiger partial charge in [0, 0.05) is 18.7 Å². The first kappa shape index (κ1) is 12.3. The second kappa shape index (κ2) is 5.33. The molecule has 2 N–H and O–H groups in total. The fourth-order valence-electron chi connectivity index (χ4n) is 1.26. The van der Waals surface area contributed by atoms with Gasteiger partial charge in [0.15, 0.2) is 0 Å². The van der Waals surface area contributed by atoms with Gasteiger partial charge in [-0.2, -0.15) is 5.26 Å². The third-order valence-electron chi connectivity index (χ3n) is 1.99. The molecule has 1 aromatic heterocycles. The maximum atomic E-state index is 10.2. The summed E-state index contributed by atoms with van der Waals surface area (Å²) in [6.45, 7) is 2.03. The fourth-order valence-corrected chi connectivity index (χ4v) is 1.56. The highest BCUT2D eigenvalue weighted by Crippen LogP contribution is 2.17. The molecular formula is C10H10ClN3O2. The quantitative estimate of drug-likeness (QED) is 0.787. The summed E-state index contributed by atoms with van der Waals surface area (Å²) < 4.78 is 0. The molecule has 5 nitrogen and oxygen atoms in total. The smallest absolute Gasteiger partial charge is 0.404 e. The average molecular weight is 240 g/mol. The van der Waals surface area contributed by atoms with Crippen molar-refractivity contribution in [2.24, 2.45) is 0 Å². The van der Waals surface area contributed by atoms with Crippen molar-refractivity contribution in [2.75, 3.05) is 6.54 Å². The summed E-state index contributed by atoms with van der Waals surface area (Å²) in [7, 11) is 0. The minimum Gasteiger partial charge on any atom is -0.465 e. The molecule has 6 heteroatoms. The third kappa shape index (κ3) is 3.11. The van der Waals surface area contributed by atoms with Gasteiger partial charge in [-0.1, -0.05) is 11.6 Å². The zero-order valence-corrected chi connectivity index (χ0v) is 9.38. The molecule has 0 aliphatic heterocycles. The Morgan fingerprint density at radius 2 is 2.44 bits per heavy atom. The summed E-state index contributed by atoms with van der Waals surface area (Å²) in [6.07, 6.45) is -0.630. The van der Waals surface area contributed by atoms with Crippen molar-refractivity contribution >= 4 is 17.7 Å². The third-order valence-corrected chi connectivity index (χ3v) is 2.27. The molecule has 1 rings (SSSR count). The Hall–Kier alpha value is -1.80. The van der Waals surface area contributed by atoms with Crippen molar-refractivity contribution < 1.29 is 9.90 Å². The number of nitrogens with zero attached hydrogens (tertiary/aromatic N) is 2. The first-order chi connectivity index (χ1) is 7.54. The fraction of sp³-hybridized carbons (Fsp3) is 0.300. The van der Waals surface area contributed by atoms with E-state index in [0.29, 0.717) is 17.7 Å². The van der Waals surface area contributed by atoms with Crippen LogP contribution in [0.5, 0.6) is 0 Å². The number of carbonyl (C=O) groups is 1. The van der Waals surface area contributed by atoms with Crippen LogP contribution in [0.1, 0.15) is 16.8 Å². The lowest BCUT2D eigenvalue weighted by Crippen LogP contribution is -2.23. The Balaban J connectivity index is 2.77. The van der Waals surface area contributed by atoms with Gasteiger partial charge in [-0.3, -0.25) is 0 Å². The number of nitrogens with one attached hydrogen (secondary N) is 1. The number of aromatic nitrogens is 1. The zero-order chi connectivity index (χ0) is 12.1. The molecule has 0 saturated carbocycles. The van der Waals surface area contributed by atoms with Gasteiger partial charge in [0.1, 0.15) is 11.2 Å². The van der Waals surface area contributed by atoms with E-state index in [1.807, 2.05) is 6.07 Å². The SMILES string of the molecule is Cc1cc(CCNC(=O)O)nc(Cl)c1C#N. The number of aryl methyl sites for hydroxylation is 1. The van der Waals surface area contributed by atoms with E-state index < -0.39 is 6.09 Å². The standard InChI is InChI=1S/C10H10ClN3O2/c1-6-4-7(2-3-13-10(15)16)14-9(11)8(6)5-12/h4,13H,2-3H2,1H3,(H,15,16). The first-order valence-corrected chi connectivity index (χ1v) is 4.95. The van der Waals surface area contributed by atoms with Crippen molar-refractivity contribution in [1.29, 1.82) is 5.26 Å². The van der Waals surface area contributed by atoms with E-state index in [-0.39, 0.29) is 11.7 Å². The monoisotopic (exact) mass is 239 g/mol. The van der Waals surface area contributed by atoms with E-state index in [1.165, 1.54) is 0 Å². The van der Waals surface area contributed by atoms with Crippen molar-refractivity contribution in [3.8, 4) is 6.07 Å². The number of carboxylic acid groups (broad SMARTS) is 1. The summed E-state index contributed by atoms with van der Waals surface area (Å²) >= 11 is 5.81. The molecule has 1 heterocycles. The van der Waals surface area contributed by atoms with Gasteiger partial charge < -0.3 is 10.4 Å². The molecule has 0 fully saturated rings. The highest BCUT2D eigenvalue weighted by Gasteiger charge is 2.07. The lowest BCUT2D eigenvalue weighted by Gasteiger charge is -2.05. The van der Waals surface area contributed by atoms with E-state index in [1.54, 1.807) is 13.0 Å². The molecule has 0 aromatic carbocycles. The lowest BCUT2D eigenvalue weighted by atomic mass is 10.1. The zero-order valence-electron chi connectivity index (χ0n) is 8.62. The van der Waals surface area contributed by atoms with E-state index in [0.717, 1.165) is 5.56 Å². The molecule has 0 bridgehead atoms. The Labute approximate surface area is 97.7 Å². The van der Waals surface area contributed by atoms with E-state index in [9.17, 15) is 4.79 Å². The number of halogens is 1. The highest BCUT2D eigenvalue weighted by molar-refractivity contribution is 6.30. The molecule has 1 aromatic rings. The number of nitriles is 1. The van der Waals surface area contributed by atoms with Gasteiger partial charge in [0.25, 0.3) is 0 Å². The van der Waals surface area contributed by atoms with Crippen LogP contribution in [0.3, 0.4) is 0 Å². The van der Waals surface area contributed by atoms with Gasteiger partial charge in [-0.25, -0.2) is 9.78 Å². The maximum Gasteiger partial charge on any atom is 0.404 e. The Morgan fingerprint density at radius 1 is 1.75 bits per heavy atom. The highest BCUT2D eigenvalue weighted by atomic mass is 35.5. The molecular weight excluding hydrogens is 230 g/mol. The van der Waals surface area contributed by atoms with Gasteiger partial charge >= 0.3 is 6.09 Å². The van der Waals surface area contributed by atoms with Crippen molar-refractivity contribution in [3.63, 3.8) is 0 Å². The Bertz CT molecular complexity index is 431. The van der Waals surface area contributed by atoms with Crippen LogP contribution >= 0.6 is 11.6 Å². The summed E-state index contributed by atoms with van der Waals surface area (Å²) in [6, 6.07) is 3.69. The number of hydrogen-bond donors (Lipinski definition) is 2. The van der Waals surface area contributed by atoms with Crippen LogP contribution in [0.4, 0.5) is 4.79 Å². The number of amides is 1. The summed E-state index contributed by atoms with van der Waals surface area (Å²) in [5, 5.41) is 19.5. The van der Waals surface area contributed by atoms with E-state index >= 15 is 0 Å². The van der Waals surface area contributed by atoms with Crippen LogP contribution in [0.2, 0.25) is 5.15 Å². The molecule has 0 aliphatic rings. The van der Waals surface area contributed by atoms with Crippen LogP contribution < -0.4 is 5.32 Å². The number of rotatable bonds is 3. The molecule has 0 radical (unpaired) electrons. The molecule has 0 aliphatic carbocycles. The largest absolute Gasteiger partial charge is 0.465 e. The normalized spacial score (nSPS) is 9.56. The molecule has 0 saturated heterocycles. The van der Waals surface area contributed by atoms with Gasteiger partial charge in [-0.05, 0) is 18.6 Å². The van der Waals surface area contributed by atoms with E-state index in [4.69, 9.17) is 22.0 Å². The Kier molecular flexibility index (Phi) is 4.09. The molecule has 84 valence electrons. The summed E-state index contributed by atoms with van der Waals surface area (Å²) in [4.78, 5) is 14.2. The Morgan fingerprint density at radius 3 is 2.94 bits per heavy atom. The summed E-state index contributed by atoms with van der Waals surface area (Å²) in [5.74, 6) is 0. The van der Waals surface area contributed by atoms with Crippen LogP contribution in [0.15, 0.2) is 6.07 Å². The molecule has 16 heavy (non-hydrogen) atoms. The minimum atomic E-state index is -1.07. The summed E-state index contributed by atoms with van der Waals surface area (Å²) in [5.41, 5.74) is 1.76. The van der Waals surface area contributed by atoms with Crippen molar-refractivity contribution in [3.05, 3.63) is 28.0 Å². The molecule has 0 spiro atoms. The molecule has 0 atom stereocenters. The predicted molar refractivity (Wildman–Crippen MR) is 58.4 cm³/mol. The van der Waals surface area contributed by atoms with Crippen molar-refractivity contribution in [2.45, 2.75) is 13.3 Å². The predicted octanol–water partition coefficient (Wildman–Crippen LogP) is 1.73. The van der Waals surface area contributed by atoms with Gasteiger partial charge in [-0.15, -0.1) is 0 Å². The number of hydrogen-bond acceptors (Lipinski definition) is 3. The maximum absolute atomic E-state index is 10.2. The molecule has 0 unspecified atom stereocenters. The minimum absolute atomic E-state index is 0.160. The van der Waals surface area contributed by atoms with Crippen LogP contribution in [0, 0.1) is 18.3 Å². The topological polar surface area (TPSA) is 86.0 Å². The van der Waals surface area contributed by atoms with Gasteiger partial charge in [0.05, 0.1) is 5.56 Å². The van der Waals surface area contributed by atoms with Crippen LogP contribution in [0.25, 0.3) is 0 Å². The van der Waals surface area contributed by atoms with Crippen LogP contribution in [-0.2, 0) is 6.42 Å². The molecule has 1 amide bonds. The van der Waals surface area contributed by atoms with Crippen LogP contribution in [-0.4, -0.2) is 22.7 Å². The van der Waals surface area contributed by atoms with E-state index in [2.05, 4.69) is 10.3 Å². The first-order valence-electron chi connectivity index (χ1n) is 4.57. The van der Waals surface area contributed by atoms with Gasteiger partial charge in [0.2, 0.25) is 0 Å². The number of pyridine rings is 1. The lowest BCUT2D eigenvalue weighted by molar-refractivity contribution is 0.194. The average Bonchev–Trinajstić information content (AvgIpc) is 2.16. The second-order valence-electron chi connectivity index (χ2n) is 3.19. The van der Waals surface area contributed by atoms with Crippen molar-refractivity contribution in [1.82, 2.24) is 10.3 Å².